The Labute approximate surface area is 110 Å². The second kappa shape index (κ2) is 6.34. The SMILES string of the molecule is CC.CCc1c(C(C)=O)cc(C)c2ccccc12. The van der Waals surface area contributed by atoms with E-state index in [9.17, 15) is 4.79 Å². The lowest BCUT2D eigenvalue weighted by Crippen LogP contribution is -2.01. The molecule has 0 saturated heterocycles. The van der Waals surface area contributed by atoms with E-state index >= 15 is 0 Å². The molecule has 2 rings (SSSR count). The highest BCUT2D eigenvalue weighted by molar-refractivity contribution is 6.02. The molecule has 0 N–H and O–H groups in total. The predicted molar refractivity (Wildman–Crippen MR) is 79.4 cm³/mol. The van der Waals surface area contributed by atoms with Crippen LogP contribution in [0.5, 0.6) is 0 Å². The maximum absolute atomic E-state index is 11.6. The molecule has 2 aromatic carbocycles. The van der Waals surface area contributed by atoms with Crippen LogP contribution < -0.4 is 0 Å². The van der Waals surface area contributed by atoms with E-state index in [1.165, 1.54) is 21.9 Å². The van der Waals surface area contributed by atoms with Crippen LogP contribution in [-0.4, -0.2) is 5.78 Å². The summed E-state index contributed by atoms with van der Waals surface area (Å²) < 4.78 is 0. The number of hydrogen-bond acceptors (Lipinski definition) is 1. The molecule has 0 bridgehead atoms. The molecule has 0 radical (unpaired) electrons. The Morgan fingerprint density at radius 2 is 1.67 bits per heavy atom. The zero-order valence-corrected chi connectivity index (χ0v) is 12.0. The van der Waals surface area contributed by atoms with Crippen LogP contribution in [0.15, 0.2) is 30.3 Å². The first-order chi connectivity index (χ1) is 8.65. The molecular weight excluding hydrogens is 220 g/mol. The molecule has 0 aliphatic rings. The Morgan fingerprint density at radius 1 is 1.11 bits per heavy atom. The van der Waals surface area contributed by atoms with E-state index in [0.717, 1.165) is 12.0 Å². The summed E-state index contributed by atoms with van der Waals surface area (Å²) in [6.07, 6.45) is 0.899. The molecule has 0 fully saturated rings. The highest BCUT2D eigenvalue weighted by Gasteiger charge is 2.11. The molecular formula is C17H22O. The van der Waals surface area contributed by atoms with Crippen molar-refractivity contribution in [2.75, 3.05) is 0 Å². The van der Waals surface area contributed by atoms with Gasteiger partial charge in [0.15, 0.2) is 5.78 Å². The standard InChI is InChI=1S/C15H16O.C2H6/c1-4-12-14-8-6-5-7-13(14)10(2)9-15(12)11(3)16;1-2/h5-9H,4H2,1-3H3;1-2H3. The monoisotopic (exact) mass is 242 g/mol. The van der Waals surface area contributed by atoms with Crippen LogP contribution in [0.2, 0.25) is 0 Å². The molecule has 1 nitrogen and oxygen atoms in total. The summed E-state index contributed by atoms with van der Waals surface area (Å²) in [5.41, 5.74) is 3.23. The fourth-order valence-corrected chi connectivity index (χ4v) is 2.31. The van der Waals surface area contributed by atoms with Crippen LogP contribution in [-0.2, 0) is 6.42 Å². The lowest BCUT2D eigenvalue weighted by Gasteiger charge is -2.11. The van der Waals surface area contributed by atoms with Crippen LogP contribution in [0.4, 0.5) is 0 Å². The molecule has 2 aromatic rings. The first-order valence-corrected chi connectivity index (χ1v) is 6.67. The molecule has 0 aromatic heterocycles. The summed E-state index contributed by atoms with van der Waals surface area (Å²) in [4.78, 5) is 11.6. The summed E-state index contributed by atoms with van der Waals surface area (Å²) in [5.74, 6) is 0.158. The Kier molecular flexibility index (Phi) is 5.08. The molecule has 0 aliphatic heterocycles. The van der Waals surface area contributed by atoms with Gasteiger partial charge in [0.2, 0.25) is 0 Å². The molecule has 96 valence electrons. The number of Topliss-reactive ketones (excluding diaryl/α,β-unsaturated/α-hetero) is 1. The van der Waals surface area contributed by atoms with Crippen molar-refractivity contribution >= 4 is 16.6 Å². The van der Waals surface area contributed by atoms with Gasteiger partial charge in [0.1, 0.15) is 0 Å². The predicted octanol–water partition coefficient (Wildman–Crippen LogP) is 4.94. The topological polar surface area (TPSA) is 17.1 Å². The largest absolute Gasteiger partial charge is 0.295 e. The van der Waals surface area contributed by atoms with Crippen molar-refractivity contribution in [1.29, 1.82) is 0 Å². The number of rotatable bonds is 2. The van der Waals surface area contributed by atoms with Gasteiger partial charge >= 0.3 is 0 Å². The highest BCUT2D eigenvalue weighted by Crippen LogP contribution is 2.26. The minimum atomic E-state index is 0.158. The Morgan fingerprint density at radius 3 is 2.17 bits per heavy atom. The van der Waals surface area contributed by atoms with Crippen molar-refractivity contribution in [3.63, 3.8) is 0 Å². The molecule has 0 heterocycles. The van der Waals surface area contributed by atoms with Gasteiger partial charge < -0.3 is 0 Å². The van der Waals surface area contributed by atoms with Gasteiger partial charge in [-0.25, -0.2) is 0 Å². The van der Waals surface area contributed by atoms with Gasteiger partial charge in [0.25, 0.3) is 0 Å². The first kappa shape index (κ1) is 14.4. The average Bonchev–Trinajstić information content (AvgIpc) is 2.41. The van der Waals surface area contributed by atoms with Crippen LogP contribution in [0.3, 0.4) is 0 Å². The third-order valence-electron chi connectivity index (χ3n) is 3.10. The zero-order chi connectivity index (χ0) is 13.7. The molecule has 0 saturated carbocycles. The maximum Gasteiger partial charge on any atom is 0.160 e. The van der Waals surface area contributed by atoms with E-state index in [2.05, 4.69) is 26.0 Å². The summed E-state index contributed by atoms with van der Waals surface area (Å²) in [7, 11) is 0. The van der Waals surface area contributed by atoms with Crippen molar-refractivity contribution in [3.8, 4) is 0 Å². The average molecular weight is 242 g/mol. The number of hydrogen-bond donors (Lipinski definition) is 0. The van der Waals surface area contributed by atoms with Gasteiger partial charge in [-0.3, -0.25) is 4.79 Å². The van der Waals surface area contributed by atoms with E-state index in [0.29, 0.717) is 0 Å². The van der Waals surface area contributed by atoms with E-state index in [-0.39, 0.29) is 5.78 Å². The Bertz CT molecular complexity index is 553. The van der Waals surface area contributed by atoms with Crippen molar-refractivity contribution in [3.05, 3.63) is 47.0 Å². The summed E-state index contributed by atoms with van der Waals surface area (Å²) >= 11 is 0. The van der Waals surface area contributed by atoms with Gasteiger partial charge in [-0.1, -0.05) is 45.0 Å². The van der Waals surface area contributed by atoms with Gasteiger partial charge in [-0.15, -0.1) is 0 Å². The second-order valence-corrected chi connectivity index (χ2v) is 4.17. The lowest BCUT2D eigenvalue weighted by molar-refractivity contribution is 0.101. The van der Waals surface area contributed by atoms with Crippen LogP contribution in [0, 0.1) is 6.92 Å². The number of fused-ring (bicyclic) bond motifs is 1. The molecule has 18 heavy (non-hydrogen) atoms. The number of aryl methyl sites for hydroxylation is 2. The molecule has 0 atom stereocenters. The third-order valence-corrected chi connectivity index (χ3v) is 3.10. The molecule has 0 aliphatic carbocycles. The Hall–Kier alpha value is -1.63. The maximum atomic E-state index is 11.6. The van der Waals surface area contributed by atoms with Gasteiger partial charge in [0.05, 0.1) is 0 Å². The first-order valence-electron chi connectivity index (χ1n) is 6.67. The summed E-state index contributed by atoms with van der Waals surface area (Å²) in [5, 5.41) is 2.47. The fourth-order valence-electron chi connectivity index (χ4n) is 2.31. The number of carbonyl (C=O) groups excluding carboxylic acids is 1. The van der Waals surface area contributed by atoms with E-state index in [4.69, 9.17) is 0 Å². The molecule has 0 unspecified atom stereocenters. The lowest BCUT2D eigenvalue weighted by atomic mass is 9.92. The summed E-state index contributed by atoms with van der Waals surface area (Å²) in [6.45, 7) is 9.81. The van der Waals surface area contributed by atoms with Gasteiger partial charge in [-0.2, -0.15) is 0 Å². The van der Waals surface area contributed by atoms with Crippen molar-refractivity contribution in [2.24, 2.45) is 0 Å². The zero-order valence-electron chi connectivity index (χ0n) is 12.0. The van der Waals surface area contributed by atoms with Gasteiger partial charge in [-0.05, 0) is 48.2 Å². The normalized spacial score (nSPS) is 9.83. The highest BCUT2D eigenvalue weighted by atomic mass is 16.1. The van der Waals surface area contributed by atoms with E-state index < -0.39 is 0 Å². The van der Waals surface area contributed by atoms with Crippen molar-refractivity contribution < 1.29 is 4.79 Å². The van der Waals surface area contributed by atoms with Gasteiger partial charge in [0, 0.05) is 5.56 Å². The second-order valence-electron chi connectivity index (χ2n) is 4.17. The third kappa shape index (κ3) is 2.61. The quantitative estimate of drug-likeness (QED) is 0.682. The summed E-state index contributed by atoms with van der Waals surface area (Å²) in [6, 6.07) is 10.3. The van der Waals surface area contributed by atoms with Crippen LogP contribution in [0.1, 0.15) is 49.2 Å². The van der Waals surface area contributed by atoms with E-state index in [1.54, 1.807) is 6.92 Å². The minimum Gasteiger partial charge on any atom is -0.295 e. The van der Waals surface area contributed by atoms with E-state index in [1.807, 2.05) is 32.0 Å². The van der Waals surface area contributed by atoms with Crippen molar-refractivity contribution in [2.45, 2.75) is 41.0 Å². The minimum absolute atomic E-state index is 0.158. The number of benzene rings is 2. The fraction of sp³-hybridized carbons (Fsp3) is 0.353. The molecule has 0 amide bonds. The smallest absolute Gasteiger partial charge is 0.160 e. The molecule has 1 heteroatoms. The Balaban J connectivity index is 0.000000771. The van der Waals surface area contributed by atoms with Crippen molar-refractivity contribution in [1.82, 2.24) is 0 Å². The van der Waals surface area contributed by atoms with Crippen LogP contribution >= 0.6 is 0 Å². The number of ketones is 1. The number of carbonyl (C=O) groups is 1. The molecule has 0 spiro atoms. The van der Waals surface area contributed by atoms with Crippen LogP contribution in [0.25, 0.3) is 10.8 Å².